The predicted molar refractivity (Wildman–Crippen MR) is 97.0 cm³/mol. The lowest BCUT2D eigenvalue weighted by Crippen LogP contribution is -2.34. The van der Waals surface area contributed by atoms with Crippen LogP contribution in [0.25, 0.3) is 0 Å². The molecule has 0 spiro atoms. The van der Waals surface area contributed by atoms with E-state index in [9.17, 15) is 27.6 Å². The van der Waals surface area contributed by atoms with Gasteiger partial charge in [0, 0.05) is 23.9 Å². The first-order valence-corrected chi connectivity index (χ1v) is 9.08. The van der Waals surface area contributed by atoms with Crippen LogP contribution in [0.5, 0.6) is 0 Å². The Kier molecular flexibility index (Phi) is 5.16. The highest BCUT2D eigenvalue weighted by atomic mass is 32.1. The van der Waals surface area contributed by atoms with Gasteiger partial charge in [0.2, 0.25) is 5.91 Å². The number of alkyl halides is 3. The van der Waals surface area contributed by atoms with Crippen molar-refractivity contribution in [1.82, 2.24) is 4.90 Å². The van der Waals surface area contributed by atoms with Crippen LogP contribution < -0.4 is 11.1 Å². The van der Waals surface area contributed by atoms with Crippen LogP contribution in [0.2, 0.25) is 0 Å². The van der Waals surface area contributed by atoms with E-state index in [4.69, 9.17) is 5.73 Å². The maximum absolute atomic E-state index is 12.9. The summed E-state index contributed by atoms with van der Waals surface area (Å²) in [4.78, 5) is 38.3. The molecule has 10 heteroatoms. The Balaban J connectivity index is 1.92. The van der Waals surface area contributed by atoms with E-state index in [1.165, 1.54) is 13.0 Å². The SMILES string of the molecule is CC(=O)N1CCc2c(sc(NC(=O)c3cccc(C(F)(F)F)c3)c2C(N)=O)C1. The molecule has 1 aromatic heterocycles. The molecule has 3 N–H and O–H groups in total. The Bertz CT molecular complexity index is 969. The largest absolute Gasteiger partial charge is 0.416 e. The quantitative estimate of drug-likeness (QED) is 0.813. The van der Waals surface area contributed by atoms with Crippen LogP contribution in [-0.4, -0.2) is 29.2 Å². The molecule has 3 amide bonds. The summed E-state index contributed by atoms with van der Waals surface area (Å²) >= 11 is 1.10. The standard InChI is InChI=1S/C18H16F3N3O3S/c1-9(25)24-6-5-12-13(8-24)28-17(14(12)15(22)26)23-16(27)10-3-2-4-11(7-10)18(19,20)21/h2-4,7H,5-6,8H2,1H3,(H2,22,26)(H,23,27). The highest BCUT2D eigenvalue weighted by Gasteiger charge is 2.32. The normalized spacial score (nSPS) is 13.8. The molecule has 6 nitrogen and oxygen atoms in total. The van der Waals surface area contributed by atoms with Gasteiger partial charge in [0.15, 0.2) is 0 Å². The number of amides is 3. The number of hydrogen-bond acceptors (Lipinski definition) is 4. The minimum absolute atomic E-state index is 0.116. The number of carbonyl (C=O) groups is 3. The third kappa shape index (κ3) is 3.86. The molecule has 1 aliphatic rings. The van der Waals surface area contributed by atoms with E-state index >= 15 is 0 Å². The van der Waals surface area contributed by atoms with Gasteiger partial charge in [-0.15, -0.1) is 11.3 Å². The number of nitrogens with one attached hydrogen (secondary N) is 1. The molecule has 0 unspecified atom stereocenters. The van der Waals surface area contributed by atoms with Gasteiger partial charge >= 0.3 is 6.18 Å². The van der Waals surface area contributed by atoms with Gasteiger partial charge in [-0.3, -0.25) is 14.4 Å². The molecular weight excluding hydrogens is 395 g/mol. The summed E-state index contributed by atoms with van der Waals surface area (Å²) < 4.78 is 38.6. The zero-order valence-corrected chi connectivity index (χ0v) is 15.5. The van der Waals surface area contributed by atoms with Crippen molar-refractivity contribution in [2.75, 3.05) is 11.9 Å². The van der Waals surface area contributed by atoms with Crippen molar-refractivity contribution in [3.05, 3.63) is 51.4 Å². The average Bonchev–Trinajstić information content (AvgIpc) is 2.98. The van der Waals surface area contributed by atoms with E-state index in [0.717, 1.165) is 34.4 Å². The smallest absolute Gasteiger partial charge is 0.365 e. The van der Waals surface area contributed by atoms with Crippen molar-refractivity contribution in [3.8, 4) is 0 Å². The van der Waals surface area contributed by atoms with Gasteiger partial charge in [0.05, 0.1) is 17.7 Å². The van der Waals surface area contributed by atoms with Crippen LogP contribution in [-0.2, 0) is 23.9 Å². The fourth-order valence-electron chi connectivity index (χ4n) is 3.03. The van der Waals surface area contributed by atoms with Crippen molar-refractivity contribution >= 4 is 34.1 Å². The number of hydrogen-bond donors (Lipinski definition) is 2. The number of primary amides is 1. The van der Waals surface area contributed by atoms with Gasteiger partial charge in [-0.2, -0.15) is 13.2 Å². The molecule has 2 aromatic rings. The highest BCUT2D eigenvalue weighted by Crippen LogP contribution is 2.37. The molecule has 0 aliphatic carbocycles. The average molecular weight is 411 g/mol. The molecule has 0 atom stereocenters. The summed E-state index contributed by atoms with van der Waals surface area (Å²) in [5.74, 6) is -1.64. The molecule has 0 bridgehead atoms. The van der Waals surface area contributed by atoms with Crippen LogP contribution in [0, 0.1) is 0 Å². The Morgan fingerprint density at radius 2 is 1.96 bits per heavy atom. The molecule has 1 aliphatic heterocycles. The second-order valence-corrected chi connectivity index (χ2v) is 7.40. The van der Waals surface area contributed by atoms with Crippen LogP contribution >= 0.6 is 11.3 Å². The van der Waals surface area contributed by atoms with Crippen LogP contribution in [0.3, 0.4) is 0 Å². The van der Waals surface area contributed by atoms with Gasteiger partial charge in [-0.25, -0.2) is 0 Å². The first-order chi connectivity index (χ1) is 13.1. The first-order valence-electron chi connectivity index (χ1n) is 8.26. The van der Waals surface area contributed by atoms with E-state index in [1.807, 2.05) is 0 Å². The summed E-state index contributed by atoms with van der Waals surface area (Å²) in [5, 5.41) is 2.67. The number of rotatable bonds is 3. The zero-order chi connectivity index (χ0) is 20.6. The number of halogens is 3. The summed E-state index contributed by atoms with van der Waals surface area (Å²) in [6.45, 7) is 2.14. The molecule has 0 radical (unpaired) electrons. The maximum atomic E-state index is 12.9. The Labute approximate surface area is 162 Å². The Hall–Kier alpha value is -2.88. The number of benzene rings is 1. The Morgan fingerprint density at radius 1 is 1.25 bits per heavy atom. The lowest BCUT2D eigenvalue weighted by molar-refractivity contribution is -0.137. The summed E-state index contributed by atoms with van der Waals surface area (Å²) in [6.07, 6.45) is -4.17. The van der Waals surface area contributed by atoms with Crippen molar-refractivity contribution in [1.29, 1.82) is 0 Å². The molecule has 0 fully saturated rings. The number of fused-ring (bicyclic) bond motifs is 1. The maximum Gasteiger partial charge on any atom is 0.416 e. The van der Waals surface area contributed by atoms with Gasteiger partial charge in [0.25, 0.3) is 11.8 Å². The monoisotopic (exact) mass is 411 g/mol. The summed E-state index contributed by atoms with van der Waals surface area (Å²) in [6, 6.07) is 3.99. The lowest BCUT2D eigenvalue weighted by Gasteiger charge is -2.25. The summed E-state index contributed by atoms with van der Waals surface area (Å²) in [5.41, 5.74) is 5.12. The molecule has 0 saturated heterocycles. The van der Waals surface area contributed by atoms with Crippen LogP contribution in [0.4, 0.5) is 18.2 Å². The van der Waals surface area contributed by atoms with E-state index < -0.39 is 23.6 Å². The minimum atomic E-state index is -4.58. The molecule has 2 heterocycles. The van der Waals surface area contributed by atoms with Crippen molar-refractivity contribution < 1.29 is 27.6 Å². The van der Waals surface area contributed by atoms with E-state index in [2.05, 4.69) is 5.32 Å². The number of thiophene rings is 1. The van der Waals surface area contributed by atoms with Gasteiger partial charge in [0.1, 0.15) is 5.00 Å². The third-order valence-corrected chi connectivity index (χ3v) is 5.56. The van der Waals surface area contributed by atoms with Crippen LogP contribution in [0.15, 0.2) is 24.3 Å². The van der Waals surface area contributed by atoms with Gasteiger partial charge in [-0.1, -0.05) is 6.07 Å². The summed E-state index contributed by atoms with van der Waals surface area (Å²) in [7, 11) is 0. The molecule has 148 valence electrons. The predicted octanol–water partition coefficient (Wildman–Crippen LogP) is 3.02. The minimum Gasteiger partial charge on any atom is -0.365 e. The molecule has 1 aromatic carbocycles. The lowest BCUT2D eigenvalue weighted by atomic mass is 10.0. The second-order valence-electron chi connectivity index (χ2n) is 6.30. The van der Waals surface area contributed by atoms with Crippen molar-refractivity contribution in [2.24, 2.45) is 5.73 Å². The molecule has 28 heavy (non-hydrogen) atoms. The highest BCUT2D eigenvalue weighted by molar-refractivity contribution is 7.17. The second kappa shape index (κ2) is 7.27. The van der Waals surface area contributed by atoms with Crippen molar-refractivity contribution in [3.63, 3.8) is 0 Å². The third-order valence-electron chi connectivity index (χ3n) is 4.43. The van der Waals surface area contributed by atoms with Crippen molar-refractivity contribution in [2.45, 2.75) is 26.1 Å². The molecule has 3 rings (SSSR count). The van der Waals surface area contributed by atoms with E-state index in [1.54, 1.807) is 4.90 Å². The number of nitrogens with zero attached hydrogens (tertiary/aromatic N) is 1. The van der Waals surface area contributed by atoms with Gasteiger partial charge < -0.3 is 16.0 Å². The molecule has 0 saturated carbocycles. The van der Waals surface area contributed by atoms with Crippen LogP contribution in [0.1, 0.15) is 43.6 Å². The first kappa shape index (κ1) is 19.9. The Morgan fingerprint density at radius 3 is 2.57 bits per heavy atom. The van der Waals surface area contributed by atoms with Gasteiger partial charge in [-0.05, 0) is 30.2 Å². The topological polar surface area (TPSA) is 92.5 Å². The fraction of sp³-hybridized carbons (Fsp3) is 0.278. The van der Waals surface area contributed by atoms with E-state index in [0.29, 0.717) is 18.5 Å². The molecular formula is C18H16F3N3O3S. The fourth-order valence-corrected chi connectivity index (χ4v) is 4.30. The number of carbonyl (C=O) groups excluding carboxylic acids is 3. The number of nitrogens with two attached hydrogens (primary N) is 1. The van der Waals surface area contributed by atoms with E-state index in [-0.39, 0.29) is 28.6 Å². The number of anilines is 1. The zero-order valence-electron chi connectivity index (χ0n) is 14.7.